The Balaban J connectivity index is 1.99. The SMILES string of the molecule is Cc1cc2sc(N(COP(=O)(O)O)C(=O)c3ccccc3)nc2cn1. The minimum absolute atomic E-state index is 0.268. The summed E-state index contributed by atoms with van der Waals surface area (Å²) in [4.78, 5) is 40.3. The fraction of sp³-hybridized carbons (Fsp3) is 0.133. The van der Waals surface area contributed by atoms with Crippen LogP contribution in [-0.2, 0) is 9.09 Å². The molecule has 0 aliphatic heterocycles. The number of amides is 1. The number of thiazole rings is 1. The molecule has 0 saturated carbocycles. The average Bonchev–Trinajstić information content (AvgIpc) is 2.97. The van der Waals surface area contributed by atoms with Crippen LogP contribution in [0.1, 0.15) is 16.1 Å². The Kier molecular flexibility index (Phi) is 4.94. The Labute approximate surface area is 147 Å². The third kappa shape index (κ3) is 4.28. The van der Waals surface area contributed by atoms with E-state index in [0.717, 1.165) is 15.3 Å². The maximum Gasteiger partial charge on any atom is 0.471 e. The number of carbonyl (C=O) groups excluding carboxylic acids is 1. The zero-order valence-corrected chi connectivity index (χ0v) is 14.8. The number of rotatable bonds is 5. The van der Waals surface area contributed by atoms with Gasteiger partial charge in [0.25, 0.3) is 5.91 Å². The highest BCUT2D eigenvalue weighted by molar-refractivity contribution is 7.46. The number of phosphoric ester groups is 1. The lowest BCUT2D eigenvalue weighted by Gasteiger charge is -2.19. The molecule has 1 aromatic carbocycles. The van der Waals surface area contributed by atoms with Gasteiger partial charge in [-0.05, 0) is 25.1 Å². The van der Waals surface area contributed by atoms with Crippen LogP contribution < -0.4 is 4.90 Å². The maximum absolute atomic E-state index is 12.7. The number of aryl methyl sites for hydroxylation is 1. The average molecular weight is 379 g/mol. The zero-order chi connectivity index (χ0) is 18.0. The van der Waals surface area contributed by atoms with E-state index in [4.69, 9.17) is 9.79 Å². The molecule has 2 N–H and O–H groups in total. The van der Waals surface area contributed by atoms with Crippen LogP contribution in [0.5, 0.6) is 0 Å². The van der Waals surface area contributed by atoms with Crippen molar-refractivity contribution in [1.82, 2.24) is 9.97 Å². The van der Waals surface area contributed by atoms with Gasteiger partial charge in [0.05, 0.1) is 10.9 Å². The molecule has 0 aliphatic carbocycles. The van der Waals surface area contributed by atoms with Crippen LogP contribution in [0, 0.1) is 6.92 Å². The van der Waals surface area contributed by atoms with Crippen molar-refractivity contribution in [2.45, 2.75) is 6.92 Å². The van der Waals surface area contributed by atoms with Crippen molar-refractivity contribution < 1.29 is 23.7 Å². The molecule has 3 rings (SSSR count). The summed E-state index contributed by atoms with van der Waals surface area (Å²) in [6, 6.07) is 10.2. The van der Waals surface area contributed by atoms with E-state index in [-0.39, 0.29) is 5.13 Å². The number of aromatic nitrogens is 2. The number of benzene rings is 1. The molecule has 0 bridgehead atoms. The number of fused-ring (bicyclic) bond motifs is 1. The van der Waals surface area contributed by atoms with Crippen molar-refractivity contribution in [1.29, 1.82) is 0 Å². The van der Waals surface area contributed by atoms with Crippen LogP contribution in [0.15, 0.2) is 42.6 Å². The van der Waals surface area contributed by atoms with E-state index in [2.05, 4.69) is 14.5 Å². The minimum atomic E-state index is -4.74. The molecule has 0 saturated heterocycles. The summed E-state index contributed by atoms with van der Waals surface area (Å²) in [6.45, 7) is 1.22. The highest BCUT2D eigenvalue weighted by atomic mass is 32.1. The second kappa shape index (κ2) is 6.99. The number of hydrogen-bond donors (Lipinski definition) is 2. The van der Waals surface area contributed by atoms with Gasteiger partial charge in [-0.15, -0.1) is 0 Å². The van der Waals surface area contributed by atoms with Crippen LogP contribution in [-0.4, -0.2) is 32.4 Å². The van der Waals surface area contributed by atoms with E-state index in [0.29, 0.717) is 11.1 Å². The molecular formula is C15H14N3O5PS. The van der Waals surface area contributed by atoms with E-state index >= 15 is 0 Å². The third-order valence-corrected chi connectivity index (χ3v) is 4.75. The first-order valence-electron chi connectivity index (χ1n) is 7.14. The molecule has 0 fully saturated rings. The van der Waals surface area contributed by atoms with E-state index < -0.39 is 20.5 Å². The number of pyridine rings is 1. The van der Waals surface area contributed by atoms with E-state index in [1.165, 1.54) is 11.3 Å². The van der Waals surface area contributed by atoms with E-state index in [1.54, 1.807) is 36.5 Å². The first kappa shape index (κ1) is 17.7. The molecule has 25 heavy (non-hydrogen) atoms. The summed E-state index contributed by atoms with van der Waals surface area (Å²) in [7, 11) is -4.74. The van der Waals surface area contributed by atoms with Crippen molar-refractivity contribution in [3.05, 3.63) is 53.9 Å². The smallest absolute Gasteiger partial charge is 0.303 e. The summed E-state index contributed by atoms with van der Waals surface area (Å²) in [6.07, 6.45) is 1.58. The van der Waals surface area contributed by atoms with Gasteiger partial charge >= 0.3 is 7.82 Å². The fourth-order valence-electron chi connectivity index (χ4n) is 2.10. The van der Waals surface area contributed by atoms with Gasteiger partial charge in [-0.3, -0.25) is 19.2 Å². The first-order chi connectivity index (χ1) is 11.8. The second-order valence-corrected chi connectivity index (χ2v) is 7.39. The summed E-state index contributed by atoms with van der Waals surface area (Å²) < 4.78 is 16.4. The van der Waals surface area contributed by atoms with Gasteiger partial charge in [0.2, 0.25) is 0 Å². The standard InChI is InChI=1S/C15H14N3O5PS/c1-10-7-13-12(8-16-10)17-15(25-13)18(9-23-24(20,21)22)14(19)11-5-3-2-4-6-11/h2-8H,9H2,1H3,(H2,20,21,22). The van der Waals surface area contributed by atoms with Gasteiger partial charge in [-0.2, -0.15) is 0 Å². The van der Waals surface area contributed by atoms with Gasteiger partial charge in [-0.25, -0.2) is 9.55 Å². The molecule has 2 heterocycles. The lowest BCUT2D eigenvalue weighted by atomic mass is 10.2. The van der Waals surface area contributed by atoms with Crippen molar-refractivity contribution in [3.63, 3.8) is 0 Å². The predicted molar refractivity (Wildman–Crippen MR) is 93.4 cm³/mol. The van der Waals surface area contributed by atoms with Crippen molar-refractivity contribution >= 4 is 40.4 Å². The molecule has 3 aromatic rings. The summed E-state index contributed by atoms with van der Waals surface area (Å²) in [5.74, 6) is -0.474. The third-order valence-electron chi connectivity index (χ3n) is 3.25. The zero-order valence-electron chi connectivity index (χ0n) is 13.1. The van der Waals surface area contributed by atoms with Crippen LogP contribution in [0.4, 0.5) is 5.13 Å². The number of carbonyl (C=O) groups is 1. The Bertz CT molecular complexity index is 956. The van der Waals surface area contributed by atoms with Gasteiger partial charge < -0.3 is 9.79 Å². The number of nitrogens with zero attached hydrogens (tertiary/aromatic N) is 3. The molecule has 0 unspecified atom stereocenters. The van der Waals surface area contributed by atoms with Crippen molar-refractivity contribution in [2.24, 2.45) is 0 Å². The van der Waals surface area contributed by atoms with Crippen LogP contribution in [0.2, 0.25) is 0 Å². The Morgan fingerprint density at radius 3 is 2.72 bits per heavy atom. The monoisotopic (exact) mass is 379 g/mol. The van der Waals surface area contributed by atoms with Crippen LogP contribution in [0.25, 0.3) is 10.2 Å². The minimum Gasteiger partial charge on any atom is -0.303 e. The molecule has 1 amide bonds. The van der Waals surface area contributed by atoms with Gasteiger partial charge in [0.1, 0.15) is 12.2 Å². The Hall–Kier alpha value is -2.16. The highest BCUT2D eigenvalue weighted by Gasteiger charge is 2.25. The Morgan fingerprint density at radius 2 is 2.04 bits per heavy atom. The molecule has 0 atom stereocenters. The van der Waals surface area contributed by atoms with Gasteiger partial charge in [0.15, 0.2) is 5.13 Å². The molecule has 130 valence electrons. The molecule has 0 aliphatic rings. The normalized spacial score (nSPS) is 11.6. The molecular weight excluding hydrogens is 365 g/mol. The highest BCUT2D eigenvalue weighted by Crippen LogP contribution is 2.37. The van der Waals surface area contributed by atoms with E-state index in [9.17, 15) is 9.36 Å². The van der Waals surface area contributed by atoms with Gasteiger partial charge in [0, 0.05) is 11.3 Å². The quantitative estimate of drug-likeness (QED) is 0.518. The largest absolute Gasteiger partial charge is 0.471 e. The summed E-state index contributed by atoms with van der Waals surface area (Å²) in [5.41, 5.74) is 1.74. The second-order valence-electron chi connectivity index (χ2n) is 5.14. The fourth-order valence-corrected chi connectivity index (χ4v) is 3.39. The number of phosphoric acid groups is 1. The number of anilines is 1. The van der Waals surface area contributed by atoms with Crippen LogP contribution in [0.3, 0.4) is 0 Å². The van der Waals surface area contributed by atoms with Crippen molar-refractivity contribution in [2.75, 3.05) is 11.6 Å². The van der Waals surface area contributed by atoms with E-state index in [1.807, 2.05) is 13.0 Å². The lowest BCUT2D eigenvalue weighted by molar-refractivity contribution is 0.0955. The summed E-state index contributed by atoms with van der Waals surface area (Å²) in [5, 5.41) is 0.268. The number of hydrogen-bond acceptors (Lipinski definition) is 6. The predicted octanol–water partition coefficient (Wildman–Crippen LogP) is 2.71. The molecule has 0 spiro atoms. The molecule has 0 radical (unpaired) electrons. The molecule has 8 nitrogen and oxygen atoms in total. The summed E-state index contributed by atoms with van der Waals surface area (Å²) >= 11 is 1.21. The van der Waals surface area contributed by atoms with Gasteiger partial charge in [-0.1, -0.05) is 29.5 Å². The lowest BCUT2D eigenvalue weighted by Crippen LogP contribution is -2.32. The van der Waals surface area contributed by atoms with Crippen molar-refractivity contribution in [3.8, 4) is 0 Å². The Morgan fingerprint density at radius 1 is 1.32 bits per heavy atom. The maximum atomic E-state index is 12.7. The van der Waals surface area contributed by atoms with Crippen LogP contribution >= 0.6 is 19.2 Å². The molecule has 2 aromatic heterocycles. The topological polar surface area (TPSA) is 113 Å². The molecule has 10 heteroatoms. The first-order valence-corrected chi connectivity index (χ1v) is 9.48.